The zero-order valence-corrected chi connectivity index (χ0v) is 13.4. The Hall–Kier alpha value is -3.36. The highest BCUT2D eigenvalue weighted by Gasteiger charge is 2.29. The molecule has 3 rings (SSSR count). The van der Waals surface area contributed by atoms with E-state index in [4.69, 9.17) is 20.9 Å². The quantitative estimate of drug-likeness (QED) is 0.487. The van der Waals surface area contributed by atoms with Gasteiger partial charge in [0.1, 0.15) is 17.0 Å². The van der Waals surface area contributed by atoms with E-state index < -0.39 is 16.5 Å². The molecular weight excluding hydrogens is 328 g/mol. The molecular formula is C16H16N4O5. The second-order valence-electron chi connectivity index (χ2n) is 5.53. The summed E-state index contributed by atoms with van der Waals surface area (Å²) in [5.74, 6) is -0.313. The number of nitro benzene ring substituents is 1. The van der Waals surface area contributed by atoms with Crippen LogP contribution < -0.4 is 20.9 Å². The van der Waals surface area contributed by atoms with Crippen LogP contribution in [0.2, 0.25) is 0 Å². The lowest BCUT2D eigenvalue weighted by Gasteiger charge is -2.17. The normalized spacial score (nSPS) is 12.8. The topological polar surface area (TPSA) is 144 Å². The van der Waals surface area contributed by atoms with Crippen LogP contribution in [-0.2, 0) is 6.42 Å². The second-order valence-corrected chi connectivity index (χ2v) is 5.53. The Morgan fingerprint density at radius 2 is 2.20 bits per heavy atom. The number of hydrogen-bond acceptors (Lipinski definition) is 7. The van der Waals surface area contributed by atoms with Gasteiger partial charge in [-0.25, -0.2) is 4.98 Å². The molecule has 9 nitrogen and oxygen atoms in total. The number of amides is 1. The van der Waals surface area contributed by atoms with Crippen molar-refractivity contribution in [1.29, 1.82) is 0 Å². The number of methoxy groups -OCH3 is 1. The average molecular weight is 344 g/mol. The van der Waals surface area contributed by atoms with Gasteiger partial charge in [0.05, 0.1) is 24.2 Å². The number of carbonyl (C=O) groups excluding carboxylic acids is 1. The van der Waals surface area contributed by atoms with E-state index in [9.17, 15) is 14.9 Å². The van der Waals surface area contributed by atoms with Crippen LogP contribution in [0.15, 0.2) is 18.3 Å². The average Bonchev–Trinajstić information content (AvgIpc) is 2.59. The highest BCUT2D eigenvalue weighted by Crippen LogP contribution is 2.42. The number of nitro groups is 1. The molecule has 130 valence electrons. The van der Waals surface area contributed by atoms with Gasteiger partial charge in [0.15, 0.2) is 0 Å². The molecule has 0 unspecified atom stereocenters. The van der Waals surface area contributed by atoms with Crippen LogP contribution in [0.1, 0.15) is 22.3 Å². The minimum atomic E-state index is -0.902. The van der Waals surface area contributed by atoms with Gasteiger partial charge in [0.25, 0.3) is 5.91 Å². The number of benzene rings is 1. The number of nitrogens with zero attached hydrogens (tertiary/aromatic N) is 2. The predicted molar refractivity (Wildman–Crippen MR) is 89.6 cm³/mol. The fourth-order valence-electron chi connectivity index (χ4n) is 2.89. The van der Waals surface area contributed by atoms with Gasteiger partial charge in [-0.2, -0.15) is 0 Å². The van der Waals surface area contributed by atoms with Gasteiger partial charge in [0.2, 0.25) is 5.88 Å². The lowest BCUT2D eigenvalue weighted by atomic mass is 9.97. The first-order valence-electron chi connectivity index (χ1n) is 7.50. The summed E-state index contributed by atoms with van der Waals surface area (Å²) >= 11 is 0. The first-order chi connectivity index (χ1) is 11.9. The minimum Gasteiger partial charge on any atom is -0.496 e. The van der Waals surface area contributed by atoms with E-state index in [1.807, 2.05) is 0 Å². The Morgan fingerprint density at radius 1 is 1.44 bits per heavy atom. The van der Waals surface area contributed by atoms with E-state index >= 15 is 0 Å². The molecule has 0 atom stereocenters. The zero-order valence-electron chi connectivity index (χ0n) is 13.4. The van der Waals surface area contributed by atoms with Crippen molar-refractivity contribution in [3.05, 3.63) is 39.6 Å². The van der Waals surface area contributed by atoms with Crippen molar-refractivity contribution in [3.8, 4) is 22.8 Å². The first kappa shape index (κ1) is 16.5. The summed E-state index contributed by atoms with van der Waals surface area (Å²) in [7, 11) is 1.33. The number of carbonyl (C=O) groups is 1. The number of nitrogen functional groups attached to an aromatic ring is 1. The van der Waals surface area contributed by atoms with Gasteiger partial charge in [-0.15, -0.1) is 0 Å². The molecule has 0 spiro atoms. The van der Waals surface area contributed by atoms with Gasteiger partial charge in [-0.1, -0.05) is 0 Å². The standard InChI is InChI=1S/C16H16N4O5/c1-24-11-6-10(14(20(22)23)13(17)12(11)15(18)21)9-5-8-3-2-4-25-16(8)19-7-9/h5-7H,2-4,17H2,1H3,(H2,18,21). The van der Waals surface area contributed by atoms with E-state index in [1.165, 1.54) is 19.4 Å². The van der Waals surface area contributed by atoms with Gasteiger partial charge < -0.3 is 20.9 Å². The van der Waals surface area contributed by atoms with Crippen molar-refractivity contribution in [2.24, 2.45) is 5.73 Å². The van der Waals surface area contributed by atoms with Gasteiger partial charge in [-0.3, -0.25) is 14.9 Å². The number of nitrogens with two attached hydrogens (primary N) is 2. The van der Waals surface area contributed by atoms with Crippen molar-refractivity contribution >= 4 is 17.3 Å². The molecule has 1 amide bonds. The van der Waals surface area contributed by atoms with Crippen LogP contribution in [0.25, 0.3) is 11.1 Å². The van der Waals surface area contributed by atoms with E-state index in [0.29, 0.717) is 18.1 Å². The molecule has 0 radical (unpaired) electrons. The maximum atomic E-state index is 11.6. The Kier molecular flexibility index (Phi) is 4.14. The number of primary amides is 1. The molecule has 2 aromatic rings. The van der Waals surface area contributed by atoms with Crippen molar-refractivity contribution in [2.45, 2.75) is 12.8 Å². The summed E-state index contributed by atoms with van der Waals surface area (Å²) in [5.41, 5.74) is 11.7. The molecule has 1 aliphatic heterocycles. The molecule has 1 aliphatic rings. The second kappa shape index (κ2) is 6.27. The zero-order chi connectivity index (χ0) is 18.1. The third-order valence-electron chi connectivity index (χ3n) is 4.02. The maximum Gasteiger partial charge on any atom is 0.301 e. The molecule has 0 saturated carbocycles. The summed E-state index contributed by atoms with van der Waals surface area (Å²) in [6.45, 7) is 0.591. The Balaban J connectivity index is 2.26. The van der Waals surface area contributed by atoms with E-state index in [0.717, 1.165) is 18.4 Å². The highest BCUT2D eigenvalue weighted by atomic mass is 16.6. The van der Waals surface area contributed by atoms with Crippen molar-refractivity contribution in [3.63, 3.8) is 0 Å². The van der Waals surface area contributed by atoms with Crippen LogP contribution in [0.4, 0.5) is 11.4 Å². The number of hydrogen-bond donors (Lipinski definition) is 2. The lowest BCUT2D eigenvalue weighted by molar-refractivity contribution is -0.383. The van der Waals surface area contributed by atoms with Crippen molar-refractivity contribution < 1.29 is 19.2 Å². The number of aromatic nitrogens is 1. The fraction of sp³-hybridized carbons (Fsp3) is 0.250. The molecule has 25 heavy (non-hydrogen) atoms. The van der Waals surface area contributed by atoms with E-state index in [-0.39, 0.29) is 22.6 Å². The Labute approximate surface area is 142 Å². The van der Waals surface area contributed by atoms with Crippen LogP contribution >= 0.6 is 0 Å². The molecule has 1 aromatic carbocycles. The summed E-state index contributed by atoms with van der Waals surface area (Å²) in [5, 5.41) is 11.6. The lowest BCUT2D eigenvalue weighted by Crippen LogP contribution is -2.16. The SMILES string of the molecule is COc1cc(-c2cnc3c(c2)CCCO3)c([N+](=O)[O-])c(N)c1C(N)=O. The summed E-state index contributed by atoms with van der Waals surface area (Å²) < 4.78 is 10.6. The molecule has 0 bridgehead atoms. The Bertz CT molecular complexity index is 881. The molecule has 2 heterocycles. The molecule has 1 aromatic heterocycles. The summed E-state index contributed by atoms with van der Waals surface area (Å²) in [6, 6.07) is 3.15. The van der Waals surface area contributed by atoms with Crippen molar-refractivity contribution in [2.75, 3.05) is 19.5 Å². The van der Waals surface area contributed by atoms with Gasteiger partial charge in [-0.05, 0) is 25.0 Å². The number of ether oxygens (including phenoxy) is 2. The predicted octanol–water partition coefficient (Wildman–Crippen LogP) is 1.67. The maximum absolute atomic E-state index is 11.6. The number of anilines is 1. The molecule has 9 heteroatoms. The molecule has 4 N–H and O–H groups in total. The van der Waals surface area contributed by atoms with Crippen molar-refractivity contribution in [1.82, 2.24) is 4.98 Å². The smallest absolute Gasteiger partial charge is 0.301 e. The van der Waals surface area contributed by atoms with Gasteiger partial charge in [0, 0.05) is 17.3 Å². The third-order valence-corrected chi connectivity index (χ3v) is 4.02. The van der Waals surface area contributed by atoms with E-state index in [1.54, 1.807) is 6.07 Å². The summed E-state index contributed by atoms with van der Waals surface area (Å²) in [6.07, 6.45) is 3.07. The monoisotopic (exact) mass is 344 g/mol. The molecule has 0 fully saturated rings. The largest absolute Gasteiger partial charge is 0.496 e. The minimum absolute atomic E-state index is 0.0690. The number of fused-ring (bicyclic) bond motifs is 1. The van der Waals surface area contributed by atoms with Crippen LogP contribution in [0, 0.1) is 10.1 Å². The number of pyridine rings is 1. The Morgan fingerprint density at radius 3 is 2.84 bits per heavy atom. The highest BCUT2D eigenvalue weighted by molar-refractivity contribution is 6.05. The fourth-order valence-corrected chi connectivity index (χ4v) is 2.89. The number of rotatable bonds is 4. The van der Waals surface area contributed by atoms with Crippen LogP contribution in [-0.4, -0.2) is 29.5 Å². The summed E-state index contributed by atoms with van der Waals surface area (Å²) in [4.78, 5) is 26.8. The molecule has 0 saturated heterocycles. The molecule has 0 aliphatic carbocycles. The first-order valence-corrected chi connectivity index (χ1v) is 7.50. The third kappa shape index (κ3) is 2.80. The van der Waals surface area contributed by atoms with E-state index in [2.05, 4.69) is 4.98 Å². The van der Waals surface area contributed by atoms with Crippen LogP contribution in [0.3, 0.4) is 0 Å². The van der Waals surface area contributed by atoms with Gasteiger partial charge >= 0.3 is 5.69 Å². The number of aryl methyl sites for hydroxylation is 1. The van der Waals surface area contributed by atoms with Crippen LogP contribution in [0.5, 0.6) is 11.6 Å².